The Morgan fingerprint density at radius 2 is 2.31 bits per heavy atom. The fraction of sp³-hybridized carbons (Fsp3) is 0.538. The number of phenols is 1. The molecule has 0 bridgehead atoms. The average Bonchev–Trinajstić information content (AvgIpc) is 2.27. The zero-order chi connectivity index (χ0) is 11.5. The van der Waals surface area contributed by atoms with Crippen LogP contribution in [0.15, 0.2) is 18.2 Å². The van der Waals surface area contributed by atoms with E-state index in [2.05, 4.69) is 17.9 Å². The summed E-state index contributed by atoms with van der Waals surface area (Å²) in [6, 6.07) is 6.18. The van der Waals surface area contributed by atoms with Crippen LogP contribution >= 0.6 is 0 Å². The topological polar surface area (TPSA) is 32.7 Å². The summed E-state index contributed by atoms with van der Waals surface area (Å²) in [5.41, 5.74) is 2.20. The van der Waals surface area contributed by atoms with Crippen molar-refractivity contribution in [1.82, 2.24) is 4.90 Å². The van der Waals surface area contributed by atoms with Crippen molar-refractivity contribution in [1.29, 1.82) is 0 Å². The van der Waals surface area contributed by atoms with Crippen LogP contribution < -0.4 is 0 Å². The van der Waals surface area contributed by atoms with Gasteiger partial charge in [0, 0.05) is 24.7 Å². The van der Waals surface area contributed by atoms with Gasteiger partial charge in [0.05, 0.1) is 13.2 Å². The van der Waals surface area contributed by atoms with Crippen LogP contribution in [-0.4, -0.2) is 35.8 Å². The van der Waals surface area contributed by atoms with E-state index in [0.29, 0.717) is 11.8 Å². The number of ether oxygens (including phenoxy) is 1. The molecular formula is C13H19NO2. The molecule has 1 N–H and O–H groups in total. The third kappa shape index (κ3) is 2.54. The standard InChI is InChI=1S/C13H19NO2/c1-10-3-4-13(15)12(7-10)8-14-5-6-16-9-11(14)2/h3-4,7,11,15H,5-6,8-9H2,1-2H3. The lowest BCUT2D eigenvalue weighted by molar-refractivity contribution is -0.00464. The van der Waals surface area contributed by atoms with Gasteiger partial charge >= 0.3 is 0 Å². The van der Waals surface area contributed by atoms with Crippen molar-refractivity contribution in [3.63, 3.8) is 0 Å². The van der Waals surface area contributed by atoms with Crippen molar-refractivity contribution in [2.24, 2.45) is 0 Å². The number of phenolic OH excluding ortho intramolecular Hbond substituents is 1. The second-order valence-corrected chi connectivity index (χ2v) is 4.53. The number of hydrogen-bond donors (Lipinski definition) is 1. The van der Waals surface area contributed by atoms with Gasteiger partial charge in [0.15, 0.2) is 0 Å². The molecule has 1 aromatic rings. The largest absolute Gasteiger partial charge is 0.508 e. The van der Waals surface area contributed by atoms with Gasteiger partial charge in [0.25, 0.3) is 0 Å². The summed E-state index contributed by atoms with van der Waals surface area (Å²) in [7, 11) is 0. The van der Waals surface area contributed by atoms with E-state index < -0.39 is 0 Å². The number of nitrogens with zero attached hydrogens (tertiary/aromatic N) is 1. The summed E-state index contributed by atoms with van der Waals surface area (Å²) >= 11 is 0. The quantitative estimate of drug-likeness (QED) is 0.828. The molecule has 3 heteroatoms. The summed E-state index contributed by atoms with van der Waals surface area (Å²) in [6.07, 6.45) is 0. The minimum atomic E-state index is 0.393. The molecule has 0 saturated carbocycles. The molecule has 1 unspecified atom stereocenters. The first-order valence-electron chi connectivity index (χ1n) is 5.77. The number of aryl methyl sites for hydroxylation is 1. The molecule has 3 nitrogen and oxygen atoms in total. The van der Waals surface area contributed by atoms with Crippen LogP contribution in [0.4, 0.5) is 0 Å². The monoisotopic (exact) mass is 221 g/mol. The lowest BCUT2D eigenvalue weighted by Crippen LogP contribution is -2.42. The maximum absolute atomic E-state index is 9.79. The van der Waals surface area contributed by atoms with E-state index in [9.17, 15) is 5.11 Å². The Bertz CT molecular complexity index is 365. The second kappa shape index (κ2) is 4.85. The first kappa shape index (κ1) is 11.4. The van der Waals surface area contributed by atoms with Crippen LogP contribution in [0.1, 0.15) is 18.1 Å². The predicted molar refractivity (Wildman–Crippen MR) is 63.5 cm³/mol. The maximum atomic E-state index is 9.79. The lowest BCUT2D eigenvalue weighted by atomic mass is 10.1. The van der Waals surface area contributed by atoms with Crippen LogP contribution in [0.25, 0.3) is 0 Å². The molecule has 1 fully saturated rings. The van der Waals surface area contributed by atoms with Crippen LogP contribution in [0.2, 0.25) is 0 Å². The van der Waals surface area contributed by atoms with Crippen LogP contribution in [0, 0.1) is 6.92 Å². The molecule has 0 spiro atoms. The molecule has 1 aliphatic heterocycles. The highest BCUT2D eigenvalue weighted by Gasteiger charge is 2.19. The number of morpholine rings is 1. The SMILES string of the molecule is Cc1ccc(O)c(CN2CCOCC2C)c1. The van der Waals surface area contributed by atoms with Crippen LogP contribution in [0.3, 0.4) is 0 Å². The second-order valence-electron chi connectivity index (χ2n) is 4.53. The molecule has 88 valence electrons. The van der Waals surface area contributed by atoms with Gasteiger partial charge in [-0.25, -0.2) is 0 Å². The van der Waals surface area contributed by atoms with Crippen molar-refractivity contribution >= 4 is 0 Å². The maximum Gasteiger partial charge on any atom is 0.120 e. The number of rotatable bonds is 2. The van der Waals surface area contributed by atoms with Crippen molar-refractivity contribution in [2.45, 2.75) is 26.4 Å². The Morgan fingerprint density at radius 3 is 3.06 bits per heavy atom. The Hall–Kier alpha value is -1.06. The first-order chi connectivity index (χ1) is 7.66. The van der Waals surface area contributed by atoms with Gasteiger partial charge in [-0.3, -0.25) is 4.90 Å². The molecule has 0 amide bonds. The Balaban J connectivity index is 2.10. The number of benzene rings is 1. The predicted octanol–water partition coefficient (Wildman–Crippen LogP) is 1.92. The van der Waals surface area contributed by atoms with E-state index >= 15 is 0 Å². The van der Waals surface area contributed by atoms with Gasteiger partial charge < -0.3 is 9.84 Å². The zero-order valence-corrected chi connectivity index (χ0v) is 9.94. The highest BCUT2D eigenvalue weighted by atomic mass is 16.5. The van der Waals surface area contributed by atoms with Gasteiger partial charge in [-0.15, -0.1) is 0 Å². The van der Waals surface area contributed by atoms with Crippen LogP contribution in [0.5, 0.6) is 5.75 Å². The molecule has 1 heterocycles. The molecule has 16 heavy (non-hydrogen) atoms. The molecule has 1 aromatic carbocycles. The summed E-state index contributed by atoms with van der Waals surface area (Å²) in [6.45, 7) is 7.52. The van der Waals surface area contributed by atoms with E-state index in [4.69, 9.17) is 4.74 Å². The highest BCUT2D eigenvalue weighted by molar-refractivity contribution is 5.35. The Morgan fingerprint density at radius 1 is 1.50 bits per heavy atom. The average molecular weight is 221 g/mol. The summed E-state index contributed by atoms with van der Waals surface area (Å²) < 4.78 is 5.40. The summed E-state index contributed by atoms with van der Waals surface area (Å²) in [5.74, 6) is 0.393. The number of hydrogen-bond acceptors (Lipinski definition) is 3. The van der Waals surface area contributed by atoms with Gasteiger partial charge in [0.2, 0.25) is 0 Å². The van der Waals surface area contributed by atoms with Gasteiger partial charge in [0.1, 0.15) is 5.75 Å². The molecule has 1 atom stereocenters. The fourth-order valence-corrected chi connectivity index (χ4v) is 2.06. The van der Waals surface area contributed by atoms with Crippen molar-refractivity contribution in [3.05, 3.63) is 29.3 Å². The van der Waals surface area contributed by atoms with E-state index in [1.807, 2.05) is 13.0 Å². The highest BCUT2D eigenvalue weighted by Crippen LogP contribution is 2.21. The van der Waals surface area contributed by atoms with Gasteiger partial charge in [-0.05, 0) is 19.9 Å². The lowest BCUT2D eigenvalue weighted by Gasteiger charge is -2.33. The van der Waals surface area contributed by atoms with Crippen LogP contribution in [-0.2, 0) is 11.3 Å². The van der Waals surface area contributed by atoms with E-state index in [1.54, 1.807) is 6.07 Å². The van der Waals surface area contributed by atoms with E-state index in [1.165, 1.54) is 5.56 Å². The molecule has 2 rings (SSSR count). The normalized spacial score (nSPS) is 22.2. The minimum absolute atomic E-state index is 0.393. The summed E-state index contributed by atoms with van der Waals surface area (Å²) in [4.78, 5) is 2.35. The minimum Gasteiger partial charge on any atom is -0.508 e. The summed E-state index contributed by atoms with van der Waals surface area (Å²) in [5, 5.41) is 9.79. The molecule has 0 aromatic heterocycles. The number of aromatic hydroxyl groups is 1. The van der Waals surface area contributed by atoms with Crippen molar-refractivity contribution in [3.8, 4) is 5.75 Å². The van der Waals surface area contributed by atoms with Crippen molar-refractivity contribution in [2.75, 3.05) is 19.8 Å². The molecular weight excluding hydrogens is 202 g/mol. The first-order valence-corrected chi connectivity index (χ1v) is 5.77. The van der Waals surface area contributed by atoms with E-state index in [-0.39, 0.29) is 0 Å². The Kier molecular flexibility index (Phi) is 3.46. The molecule has 0 aliphatic carbocycles. The Labute approximate surface area is 96.6 Å². The van der Waals surface area contributed by atoms with Crippen molar-refractivity contribution < 1.29 is 9.84 Å². The van der Waals surface area contributed by atoms with E-state index in [0.717, 1.165) is 31.9 Å². The fourth-order valence-electron chi connectivity index (χ4n) is 2.06. The van der Waals surface area contributed by atoms with Gasteiger partial charge in [-0.1, -0.05) is 17.7 Å². The molecule has 1 aliphatic rings. The zero-order valence-electron chi connectivity index (χ0n) is 9.94. The third-order valence-electron chi connectivity index (χ3n) is 3.11. The third-order valence-corrected chi connectivity index (χ3v) is 3.11. The van der Waals surface area contributed by atoms with Gasteiger partial charge in [-0.2, -0.15) is 0 Å². The smallest absolute Gasteiger partial charge is 0.120 e. The molecule has 1 saturated heterocycles. The molecule has 0 radical (unpaired) electrons.